The first-order valence-corrected chi connectivity index (χ1v) is 10.8. The predicted molar refractivity (Wildman–Crippen MR) is 120 cm³/mol. The number of halogens is 4. The smallest absolute Gasteiger partial charge is 0.469 e. The summed E-state index contributed by atoms with van der Waals surface area (Å²) in [5.74, 6) is 1.47. The third-order valence-electron chi connectivity index (χ3n) is 4.52. The first-order valence-electron chi connectivity index (χ1n) is 9.35. The zero-order chi connectivity index (χ0) is 21.5. The Hall–Kier alpha value is -1.28. The fraction of sp³-hybridized carbons (Fsp3) is 0.611. The second-order valence-corrected chi connectivity index (χ2v) is 8.98. The molecule has 0 spiro atoms. The van der Waals surface area contributed by atoms with Gasteiger partial charge in [-0.1, -0.05) is 12.2 Å². The van der Waals surface area contributed by atoms with E-state index >= 15 is 0 Å². The Morgan fingerprint density at radius 1 is 1.33 bits per heavy atom. The second kappa shape index (κ2) is 11.9. The number of alkyl halides is 3. The van der Waals surface area contributed by atoms with Gasteiger partial charge in [0.05, 0.1) is 12.8 Å². The van der Waals surface area contributed by atoms with Crippen LogP contribution < -0.4 is 10.6 Å². The summed E-state index contributed by atoms with van der Waals surface area (Å²) in [6, 6.07) is 3.69. The fourth-order valence-electron chi connectivity index (χ4n) is 2.89. The van der Waals surface area contributed by atoms with Crippen LogP contribution in [0.1, 0.15) is 25.5 Å². The number of hydrogen-bond acceptors (Lipinski definition) is 4. The molecule has 1 aliphatic heterocycles. The van der Waals surface area contributed by atoms with Crippen molar-refractivity contribution in [2.75, 3.05) is 32.7 Å². The van der Waals surface area contributed by atoms with Gasteiger partial charge in [0, 0.05) is 32.6 Å². The van der Waals surface area contributed by atoms with Crippen LogP contribution in [0.5, 0.6) is 0 Å². The Morgan fingerprint density at radius 3 is 2.53 bits per heavy atom. The van der Waals surface area contributed by atoms with Crippen molar-refractivity contribution in [1.82, 2.24) is 14.9 Å². The molecule has 0 aliphatic carbocycles. The highest BCUT2D eigenvalue weighted by Gasteiger charge is 2.50. The zero-order valence-corrected chi connectivity index (χ0v) is 19.9. The van der Waals surface area contributed by atoms with E-state index in [2.05, 4.69) is 22.2 Å². The number of rotatable bonds is 8. The minimum atomic E-state index is -5.25. The maximum Gasteiger partial charge on any atom is 0.511 e. The highest BCUT2D eigenvalue weighted by atomic mass is 127. The van der Waals surface area contributed by atoms with E-state index in [-0.39, 0.29) is 43.0 Å². The summed E-state index contributed by atoms with van der Waals surface area (Å²) in [5.41, 5.74) is -4.36. The van der Waals surface area contributed by atoms with E-state index < -0.39 is 15.5 Å². The molecule has 12 heteroatoms. The van der Waals surface area contributed by atoms with Crippen LogP contribution in [0.2, 0.25) is 0 Å². The highest BCUT2D eigenvalue weighted by molar-refractivity contribution is 14.0. The molecule has 0 atom stereocenters. The van der Waals surface area contributed by atoms with Crippen molar-refractivity contribution in [3.63, 3.8) is 0 Å². The van der Waals surface area contributed by atoms with Gasteiger partial charge in [-0.3, -0.25) is 0 Å². The van der Waals surface area contributed by atoms with Crippen LogP contribution in [0.3, 0.4) is 0 Å². The Morgan fingerprint density at radius 2 is 2.00 bits per heavy atom. The molecule has 1 saturated heterocycles. The number of hydrogen-bond donors (Lipinski definition) is 2. The monoisotopic (exact) mass is 564 g/mol. The number of nitrogens with zero attached hydrogens (tertiary/aromatic N) is 2. The number of piperidine rings is 1. The molecule has 2 heterocycles. The van der Waals surface area contributed by atoms with Gasteiger partial charge < -0.3 is 15.1 Å². The van der Waals surface area contributed by atoms with Crippen molar-refractivity contribution in [3.8, 4) is 0 Å². The van der Waals surface area contributed by atoms with Gasteiger partial charge in [-0.2, -0.15) is 17.5 Å². The maximum absolute atomic E-state index is 12.7. The lowest BCUT2D eigenvalue weighted by Crippen LogP contribution is -2.47. The van der Waals surface area contributed by atoms with Gasteiger partial charge in [-0.15, -0.1) is 24.0 Å². The van der Waals surface area contributed by atoms with Crippen LogP contribution in [-0.4, -0.2) is 56.9 Å². The molecule has 1 aromatic heterocycles. The Labute approximate surface area is 192 Å². The molecule has 2 N–H and O–H groups in total. The van der Waals surface area contributed by atoms with Gasteiger partial charge in [-0.25, -0.2) is 13.4 Å². The lowest BCUT2D eigenvalue weighted by atomic mass is 9.98. The average Bonchev–Trinajstić information content (AvgIpc) is 3.16. The number of sulfonamides is 1. The van der Waals surface area contributed by atoms with Crippen molar-refractivity contribution in [1.29, 1.82) is 0 Å². The number of guanidine groups is 1. The first-order chi connectivity index (χ1) is 13.6. The first kappa shape index (κ1) is 26.8. The van der Waals surface area contributed by atoms with Gasteiger partial charge in [0.1, 0.15) is 5.76 Å². The van der Waals surface area contributed by atoms with Gasteiger partial charge in [0.2, 0.25) is 0 Å². The predicted octanol–water partition coefficient (Wildman–Crippen LogP) is 3.11. The van der Waals surface area contributed by atoms with Crippen LogP contribution in [0.25, 0.3) is 0 Å². The molecule has 0 aromatic carbocycles. The van der Waals surface area contributed by atoms with Crippen LogP contribution >= 0.6 is 24.0 Å². The fourth-order valence-corrected chi connectivity index (χ4v) is 3.87. The quantitative estimate of drug-likeness (QED) is 0.220. The summed E-state index contributed by atoms with van der Waals surface area (Å²) in [4.78, 5) is 4.42. The Balaban J connectivity index is 0.00000450. The molecule has 7 nitrogen and oxygen atoms in total. The molecule has 2 rings (SSSR count). The van der Waals surface area contributed by atoms with Crippen LogP contribution in [0, 0.1) is 5.92 Å². The molecule has 172 valence electrons. The standard InChI is InChI=1S/C18H27F3N4O3S.HI/c1-14(2)12-23-17(22-8-5-16-4-3-11-28-16)24-13-15-6-9-25(10-7-15)29(26,27)18(19,20)21;/h3-4,11,15H,1,5-10,12-13H2,2H3,(H2,22,23,24);1H. The van der Waals surface area contributed by atoms with Crippen molar-refractivity contribution < 1.29 is 26.0 Å². The number of furan rings is 1. The summed E-state index contributed by atoms with van der Waals surface area (Å²) in [6.07, 6.45) is 2.98. The summed E-state index contributed by atoms with van der Waals surface area (Å²) in [6.45, 7) is 6.92. The minimum absolute atomic E-state index is 0. The SMILES string of the molecule is C=C(C)CN=C(NCCc1ccco1)NCC1CCN(S(=O)(=O)C(F)(F)F)CC1.I. The van der Waals surface area contributed by atoms with E-state index in [1.54, 1.807) is 6.26 Å². The van der Waals surface area contributed by atoms with E-state index in [1.807, 2.05) is 19.1 Å². The molecule has 0 amide bonds. The molecule has 0 unspecified atom stereocenters. The molecule has 1 fully saturated rings. The van der Waals surface area contributed by atoms with E-state index in [1.165, 1.54) is 0 Å². The zero-order valence-electron chi connectivity index (χ0n) is 16.7. The number of nitrogens with one attached hydrogen (secondary N) is 2. The van der Waals surface area contributed by atoms with Gasteiger partial charge >= 0.3 is 15.5 Å². The maximum atomic E-state index is 12.7. The summed E-state index contributed by atoms with van der Waals surface area (Å²) >= 11 is 0. The molecular weight excluding hydrogens is 536 g/mol. The van der Waals surface area contributed by atoms with E-state index in [4.69, 9.17) is 4.42 Å². The van der Waals surface area contributed by atoms with Crippen molar-refractivity contribution in [3.05, 3.63) is 36.3 Å². The molecule has 1 aromatic rings. The minimum Gasteiger partial charge on any atom is -0.469 e. The highest BCUT2D eigenvalue weighted by Crippen LogP contribution is 2.30. The van der Waals surface area contributed by atoms with Crippen LogP contribution in [-0.2, 0) is 16.4 Å². The molecule has 1 aliphatic rings. The van der Waals surface area contributed by atoms with Crippen molar-refractivity contribution in [2.24, 2.45) is 10.9 Å². The van der Waals surface area contributed by atoms with E-state index in [0.717, 1.165) is 11.3 Å². The van der Waals surface area contributed by atoms with Crippen molar-refractivity contribution in [2.45, 2.75) is 31.7 Å². The van der Waals surface area contributed by atoms with Crippen molar-refractivity contribution >= 4 is 40.0 Å². The van der Waals surface area contributed by atoms with Gasteiger partial charge in [-0.05, 0) is 37.8 Å². The lowest BCUT2D eigenvalue weighted by Gasteiger charge is -2.31. The Bertz CT molecular complexity index is 790. The van der Waals surface area contributed by atoms with Crippen LogP contribution in [0.15, 0.2) is 40.0 Å². The Kier molecular flexibility index (Phi) is 10.6. The lowest BCUT2D eigenvalue weighted by molar-refractivity contribution is -0.0496. The largest absolute Gasteiger partial charge is 0.511 e. The second-order valence-electron chi connectivity index (χ2n) is 7.05. The molecule has 30 heavy (non-hydrogen) atoms. The van der Waals surface area contributed by atoms with Gasteiger partial charge in [0.15, 0.2) is 5.96 Å². The number of aliphatic imine (C=N–C) groups is 1. The topological polar surface area (TPSA) is 86.9 Å². The molecule has 0 radical (unpaired) electrons. The van der Waals surface area contributed by atoms with Crippen LogP contribution in [0.4, 0.5) is 13.2 Å². The van der Waals surface area contributed by atoms with E-state index in [0.29, 0.717) is 49.2 Å². The normalized spacial score (nSPS) is 16.7. The summed E-state index contributed by atoms with van der Waals surface area (Å²) in [7, 11) is -5.25. The average molecular weight is 564 g/mol. The molecule has 0 saturated carbocycles. The summed E-state index contributed by atoms with van der Waals surface area (Å²) < 4.78 is 66.7. The molecule has 0 bridgehead atoms. The third-order valence-corrected chi connectivity index (χ3v) is 6.15. The summed E-state index contributed by atoms with van der Waals surface area (Å²) in [5, 5.41) is 6.37. The third kappa shape index (κ3) is 8.10. The van der Waals surface area contributed by atoms with E-state index in [9.17, 15) is 21.6 Å². The van der Waals surface area contributed by atoms with Gasteiger partial charge in [0.25, 0.3) is 0 Å². The molecular formula is C18H28F3IN4O3S.